The van der Waals surface area contributed by atoms with Gasteiger partial charge in [0.25, 0.3) is 0 Å². The van der Waals surface area contributed by atoms with E-state index in [0.717, 1.165) is 13.0 Å². The Morgan fingerprint density at radius 2 is 1.94 bits per heavy atom. The van der Waals surface area contributed by atoms with E-state index in [-0.39, 0.29) is 18.5 Å². The number of benzene rings is 1. The van der Waals surface area contributed by atoms with Crippen LogP contribution in [0.25, 0.3) is 0 Å². The van der Waals surface area contributed by atoms with Gasteiger partial charge in [0.1, 0.15) is 11.9 Å². The Labute approximate surface area is 125 Å². The van der Waals surface area contributed by atoms with E-state index in [0.29, 0.717) is 21.7 Å². The summed E-state index contributed by atoms with van der Waals surface area (Å²) in [4.78, 5) is 0. The van der Waals surface area contributed by atoms with Gasteiger partial charge in [-0.15, -0.1) is 12.4 Å². The minimum atomic E-state index is 0. The maximum Gasteiger partial charge on any atom is 0.138 e. The molecule has 2 nitrogen and oxygen atoms in total. The van der Waals surface area contributed by atoms with Crippen molar-refractivity contribution in [2.24, 2.45) is 5.92 Å². The van der Waals surface area contributed by atoms with Crippen molar-refractivity contribution in [1.29, 1.82) is 0 Å². The lowest BCUT2D eigenvalue weighted by Gasteiger charge is -2.23. The molecule has 18 heavy (non-hydrogen) atoms. The van der Waals surface area contributed by atoms with Crippen LogP contribution in [0.15, 0.2) is 18.2 Å². The molecule has 0 aliphatic rings. The predicted octanol–water partition coefficient (Wildman–Crippen LogP) is 4.43. The third-order valence-corrected chi connectivity index (χ3v) is 3.13. The molecule has 1 unspecified atom stereocenters. The van der Waals surface area contributed by atoms with E-state index in [4.69, 9.17) is 27.9 Å². The van der Waals surface area contributed by atoms with Crippen molar-refractivity contribution in [2.45, 2.75) is 26.4 Å². The minimum Gasteiger partial charge on any atom is -0.489 e. The van der Waals surface area contributed by atoms with E-state index < -0.39 is 0 Å². The lowest BCUT2D eigenvalue weighted by atomic mass is 10.0. The van der Waals surface area contributed by atoms with Crippen LogP contribution in [0.3, 0.4) is 0 Å². The van der Waals surface area contributed by atoms with Gasteiger partial charge in [0, 0.05) is 5.02 Å². The molecule has 5 heteroatoms. The normalized spacial score (nSPS) is 12.1. The zero-order valence-electron chi connectivity index (χ0n) is 10.9. The fourth-order valence-electron chi connectivity index (χ4n) is 1.55. The van der Waals surface area contributed by atoms with Gasteiger partial charge in [-0.2, -0.15) is 0 Å². The van der Waals surface area contributed by atoms with E-state index in [1.54, 1.807) is 12.1 Å². The monoisotopic (exact) mass is 311 g/mol. The molecule has 0 radical (unpaired) electrons. The Morgan fingerprint density at radius 1 is 1.28 bits per heavy atom. The number of halogens is 3. The molecule has 0 aliphatic carbocycles. The first-order valence-corrected chi connectivity index (χ1v) is 6.56. The van der Waals surface area contributed by atoms with Crippen molar-refractivity contribution in [2.75, 3.05) is 13.6 Å². The molecule has 104 valence electrons. The predicted molar refractivity (Wildman–Crippen MR) is 81.5 cm³/mol. The maximum absolute atomic E-state index is 6.09. The number of hydrogen-bond donors (Lipinski definition) is 1. The van der Waals surface area contributed by atoms with Crippen molar-refractivity contribution in [1.82, 2.24) is 5.32 Å². The van der Waals surface area contributed by atoms with Crippen LogP contribution in [-0.2, 0) is 0 Å². The Hall–Kier alpha value is -0.150. The Balaban J connectivity index is 0.00000289. The molecule has 0 saturated heterocycles. The summed E-state index contributed by atoms with van der Waals surface area (Å²) in [6, 6.07) is 5.31. The van der Waals surface area contributed by atoms with Crippen LogP contribution < -0.4 is 10.1 Å². The third kappa shape index (κ3) is 5.66. The van der Waals surface area contributed by atoms with Crippen LogP contribution in [0.4, 0.5) is 0 Å². The average Bonchev–Trinajstić information content (AvgIpc) is 2.26. The van der Waals surface area contributed by atoms with Crippen molar-refractivity contribution in [3.63, 3.8) is 0 Å². The van der Waals surface area contributed by atoms with Crippen LogP contribution in [0.1, 0.15) is 20.3 Å². The first kappa shape index (κ1) is 17.8. The van der Waals surface area contributed by atoms with Gasteiger partial charge in [0.2, 0.25) is 0 Å². The second-order valence-corrected chi connectivity index (χ2v) is 5.21. The zero-order chi connectivity index (χ0) is 12.8. The molecule has 1 rings (SSSR count). The number of hydrogen-bond acceptors (Lipinski definition) is 2. The summed E-state index contributed by atoms with van der Waals surface area (Å²) >= 11 is 11.9. The van der Waals surface area contributed by atoms with E-state index in [1.807, 2.05) is 13.1 Å². The smallest absolute Gasteiger partial charge is 0.138 e. The summed E-state index contributed by atoms with van der Waals surface area (Å²) in [7, 11) is 1.94. The number of ether oxygens (including phenoxy) is 1. The molecule has 1 aromatic rings. The van der Waals surface area contributed by atoms with Crippen molar-refractivity contribution < 1.29 is 4.74 Å². The van der Waals surface area contributed by atoms with E-state index in [1.165, 1.54) is 0 Å². The Bertz CT molecular complexity index is 358. The fraction of sp³-hybridized carbons (Fsp3) is 0.538. The highest BCUT2D eigenvalue weighted by Gasteiger charge is 2.16. The van der Waals surface area contributed by atoms with E-state index in [2.05, 4.69) is 19.2 Å². The first-order chi connectivity index (χ1) is 8.04. The molecule has 1 aromatic carbocycles. The lowest BCUT2D eigenvalue weighted by Crippen LogP contribution is -2.27. The van der Waals surface area contributed by atoms with Gasteiger partial charge < -0.3 is 10.1 Å². The SMILES string of the molecule is CNCCC(Oc1ccc(Cl)cc1Cl)C(C)C.Cl. The molecule has 0 aromatic heterocycles. The lowest BCUT2D eigenvalue weighted by molar-refractivity contribution is 0.142. The zero-order valence-corrected chi connectivity index (χ0v) is 13.2. The van der Waals surface area contributed by atoms with Crippen molar-refractivity contribution in [3.05, 3.63) is 28.2 Å². The van der Waals surface area contributed by atoms with Crippen molar-refractivity contribution in [3.8, 4) is 5.75 Å². The second kappa shape index (κ2) is 8.87. The summed E-state index contributed by atoms with van der Waals surface area (Å²) < 4.78 is 5.93. The van der Waals surface area contributed by atoms with Gasteiger partial charge in [0.05, 0.1) is 5.02 Å². The largest absolute Gasteiger partial charge is 0.489 e. The third-order valence-electron chi connectivity index (χ3n) is 2.59. The molecule has 0 amide bonds. The molecule has 1 atom stereocenters. The molecule has 0 aliphatic heterocycles. The van der Waals surface area contributed by atoms with Crippen LogP contribution in [0.5, 0.6) is 5.75 Å². The van der Waals surface area contributed by atoms with Gasteiger partial charge in [-0.3, -0.25) is 0 Å². The summed E-state index contributed by atoms with van der Waals surface area (Å²) in [5, 5.41) is 4.31. The number of rotatable bonds is 6. The summed E-state index contributed by atoms with van der Waals surface area (Å²) in [5.74, 6) is 1.14. The summed E-state index contributed by atoms with van der Waals surface area (Å²) in [5.41, 5.74) is 0. The first-order valence-electron chi connectivity index (χ1n) is 5.81. The van der Waals surface area contributed by atoms with Gasteiger partial charge in [-0.1, -0.05) is 37.0 Å². The van der Waals surface area contributed by atoms with Gasteiger partial charge in [-0.05, 0) is 44.1 Å². The topological polar surface area (TPSA) is 21.3 Å². The fourth-order valence-corrected chi connectivity index (χ4v) is 2.00. The van der Waals surface area contributed by atoms with E-state index >= 15 is 0 Å². The Kier molecular flexibility index (Phi) is 8.79. The highest BCUT2D eigenvalue weighted by Crippen LogP contribution is 2.29. The molecule has 0 saturated carbocycles. The van der Waals surface area contributed by atoms with E-state index in [9.17, 15) is 0 Å². The second-order valence-electron chi connectivity index (χ2n) is 4.37. The highest BCUT2D eigenvalue weighted by atomic mass is 35.5. The summed E-state index contributed by atoms with van der Waals surface area (Å²) in [6.45, 7) is 5.21. The van der Waals surface area contributed by atoms with Crippen LogP contribution in [-0.4, -0.2) is 19.7 Å². The summed E-state index contributed by atoms with van der Waals surface area (Å²) in [6.07, 6.45) is 1.11. The van der Waals surface area contributed by atoms with Crippen LogP contribution >= 0.6 is 35.6 Å². The number of nitrogens with one attached hydrogen (secondary N) is 1. The van der Waals surface area contributed by atoms with Crippen LogP contribution in [0.2, 0.25) is 10.0 Å². The molecule has 0 bridgehead atoms. The molecular formula is C13H20Cl3NO. The molecule has 0 heterocycles. The molecule has 0 spiro atoms. The average molecular weight is 313 g/mol. The molecule has 1 N–H and O–H groups in total. The van der Waals surface area contributed by atoms with Gasteiger partial charge in [-0.25, -0.2) is 0 Å². The van der Waals surface area contributed by atoms with Crippen LogP contribution in [0, 0.1) is 5.92 Å². The Morgan fingerprint density at radius 3 is 2.44 bits per heavy atom. The van der Waals surface area contributed by atoms with Gasteiger partial charge >= 0.3 is 0 Å². The highest BCUT2D eigenvalue weighted by molar-refractivity contribution is 6.35. The van der Waals surface area contributed by atoms with Crippen molar-refractivity contribution >= 4 is 35.6 Å². The molecule has 0 fully saturated rings. The minimum absolute atomic E-state index is 0. The standard InChI is InChI=1S/C13H19Cl2NO.ClH/c1-9(2)12(6-7-16-3)17-13-5-4-10(14)8-11(13)15;/h4-5,8-9,12,16H,6-7H2,1-3H3;1H. The van der Waals surface area contributed by atoms with Gasteiger partial charge in [0.15, 0.2) is 0 Å². The maximum atomic E-state index is 6.09. The quantitative estimate of drug-likeness (QED) is 0.839. The molecular weight excluding hydrogens is 293 g/mol.